The monoisotopic (exact) mass is 278 g/mol. The van der Waals surface area contributed by atoms with Crippen LogP contribution in [0.4, 0.5) is 0 Å². The molecule has 1 aliphatic heterocycles. The molecule has 1 aromatic heterocycles. The molecule has 1 atom stereocenters. The van der Waals surface area contributed by atoms with Crippen LogP contribution in [0, 0.1) is 5.92 Å². The van der Waals surface area contributed by atoms with E-state index in [0.29, 0.717) is 5.92 Å². The van der Waals surface area contributed by atoms with Crippen molar-refractivity contribution in [2.45, 2.75) is 19.4 Å². The quantitative estimate of drug-likeness (QED) is 0.855. The molecule has 2 nitrogen and oxygen atoms in total. The second-order valence-electron chi connectivity index (χ2n) is 4.59. The number of hydrogen-bond donors (Lipinski definition) is 1. The molecule has 0 saturated heterocycles. The lowest BCUT2D eigenvalue weighted by atomic mass is 9.98. The molecule has 1 aliphatic rings. The van der Waals surface area contributed by atoms with Gasteiger partial charge in [0.25, 0.3) is 0 Å². The number of nitrogens with zero attached hydrogens (tertiary/aromatic N) is 1. The number of halogens is 1. The minimum absolute atomic E-state index is 0.645. The maximum atomic E-state index is 5.78. The molecule has 1 unspecified atom stereocenters. The number of aromatic nitrogens is 1. The van der Waals surface area contributed by atoms with E-state index in [1.807, 2.05) is 0 Å². The maximum absolute atomic E-state index is 5.78. The number of aryl methyl sites for hydroxylation is 1. The first-order valence-corrected chi connectivity index (χ1v) is 6.55. The normalized spacial score (nSPS) is 20.0. The molecule has 0 saturated carbocycles. The van der Waals surface area contributed by atoms with Gasteiger partial charge in [-0.2, -0.15) is 0 Å². The summed E-state index contributed by atoms with van der Waals surface area (Å²) in [6.45, 7) is 1.88. The summed E-state index contributed by atoms with van der Waals surface area (Å²) >= 11 is 3.52. The van der Waals surface area contributed by atoms with Crippen molar-refractivity contribution < 1.29 is 0 Å². The van der Waals surface area contributed by atoms with Crippen LogP contribution in [0.15, 0.2) is 28.7 Å². The zero-order valence-electron chi connectivity index (χ0n) is 9.12. The molecular formula is C13H15BrN2. The van der Waals surface area contributed by atoms with Crippen molar-refractivity contribution in [2.75, 3.05) is 6.54 Å². The van der Waals surface area contributed by atoms with Gasteiger partial charge >= 0.3 is 0 Å². The average molecular weight is 279 g/mol. The molecule has 1 aromatic carbocycles. The molecule has 2 N–H and O–H groups in total. The number of rotatable bonds is 1. The van der Waals surface area contributed by atoms with Crippen molar-refractivity contribution >= 4 is 26.8 Å². The van der Waals surface area contributed by atoms with Gasteiger partial charge in [0.15, 0.2) is 0 Å². The second-order valence-corrected chi connectivity index (χ2v) is 5.51. The van der Waals surface area contributed by atoms with Crippen molar-refractivity contribution in [3.63, 3.8) is 0 Å². The van der Waals surface area contributed by atoms with Crippen LogP contribution in [0.25, 0.3) is 10.9 Å². The molecule has 84 valence electrons. The lowest BCUT2D eigenvalue weighted by Gasteiger charge is -2.24. The molecule has 0 aliphatic carbocycles. The molecule has 16 heavy (non-hydrogen) atoms. The first-order valence-electron chi connectivity index (χ1n) is 5.75. The van der Waals surface area contributed by atoms with Crippen LogP contribution in [-0.2, 0) is 13.0 Å². The Morgan fingerprint density at radius 2 is 2.25 bits per heavy atom. The van der Waals surface area contributed by atoms with Gasteiger partial charge in [0.1, 0.15) is 0 Å². The topological polar surface area (TPSA) is 30.9 Å². The molecule has 3 heteroatoms. The summed E-state index contributed by atoms with van der Waals surface area (Å²) < 4.78 is 3.58. The first kappa shape index (κ1) is 10.4. The van der Waals surface area contributed by atoms with Crippen LogP contribution in [0.5, 0.6) is 0 Å². The fourth-order valence-corrected chi connectivity index (χ4v) is 2.99. The van der Waals surface area contributed by atoms with Gasteiger partial charge < -0.3 is 10.3 Å². The fourth-order valence-electron chi connectivity index (χ4n) is 2.62. The lowest BCUT2D eigenvalue weighted by Crippen LogP contribution is -2.25. The number of fused-ring (bicyclic) bond motifs is 3. The van der Waals surface area contributed by atoms with Gasteiger partial charge in [0.2, 0.25) is 0 Å². The third kappa shape index (κ3) is 1.59. The van der Waals surface area contributed by atoms with Crippen LogP contribution >= 0.6 is 15.9 Å². The van der Waals surface area contributed by atoms with Gasteiger partial charge in [-0.1, -0.05) is 15.9 Å². The van der Waals surface area contributed by atoms with Crippen LogP contribution < -0.4 is 5.73 Å². The Kier molecular flexibility index (Phi) is 2.52. The van der Waals surface area contributed by atoms with Gasteiger partial charge in [-0.3, -0.25) is 0 Å². The fraction of sp³-hybridized carbons (Fsp3) is 0.385. The Morgan fingerprint density at radius 1 is 1.38 bits per heavy atom. The first-order chi connectivity index (χ1) is 7.78. The number of benzene rings is 1. The highest BCUT2D eigenvalue weighted by Crippen LogP contribution is 2.29. The SMILES string of the molecule is NCC1CCc2cc3cc(Br)ccc3n2C1. The maximum Gasteiger partial charge on any atom is 0.0483 e. The largest absolute Gasteiger partial charge is 0.344 e. The van der Waals surface area contributed by atoms with Crippen molar-refractivity contribution in [3.8, 4) is 0 Å². The highest BCUT2D eigenvalue weighted by molar-refractivity contribution is 9.10. The van der Waals surface area contributed by atoms with E-state index in [1.54, 1.807) is 0 Å². The molecule has 0 amide bonds. The standard InChI is InChI=1S/C13H15BrN2/c14-11-2-4-13-10(5-11)6-12-3-1-9(7-15)8-16(12)13/h2,4-6,9H,1,3,7-8,15H2. The third-order valence-electron chi connectivity index (χ3n) is 3.53. The van der Waals surface area contributed by atoms with Crippen molar-refractivity contribution in [3.05, 3.63) is 34.4 Å². The van der Waals surface area contributed by atoms with Gasteiger partial charge in [-0.25, -0.2) is 0 Å². The van der Waals surface area contributed by atoms with Crippen LogP contribution in [0.3, 0.4) is 0 Å². The van der Waals surface area contributed by atoms with Crippen molar-refractivity contribution in [1.82, 2.24) is 4.57 Å². The zero-order chi connectivity index (χ0) is 11.1. The smallest absolute Gasteiger partial charge is 0.0483 e. The summed E-state index contributed by atoms with van der Waals surface area (Å²) in [7, 11) is 0. The molecule has 0 spiro atoms. The van der Waals surface area contributed by atoms with E-state index in [2.05, 4.69) is 44.8 Å². The van der Waals surface area contributed by atoms with Gasteiger partial charge in [-0.15, -0.1) is 0 Å². The minimum atomic E-state index is 0.645. The Morgan fingerprint density at radius 3 is 3.06 bits per heavy atom. The highest BCUT2D eigenvalue weighted by Gasteiger charge is 2.19. The minimum Gasteiger partial charge on any atom is -0.344 e. The van der Waals surface area contributed by atoms with E-state index in [4.69, 9.17) is 5.73 Å². The summed E-state index contributed by atoms with van der Waals surface area (Å²) in [5.41, 5.74) is 8.58. The Labute approximate surface area is 104 Å². The Balaban J connectivity index is 2.14. The molecule has 0 fully saturated rings. The molecule has 0 bridgehead atoms. The van der Waals surface area contributed by atoms with Gasteiger partial charge in [0.05, 0.1) is 0 Å². The van der Waals surface area contributed by atoms with Gasteiger partial charge in [-0.05, 0) is 49.6 Å². The predicted octanol–water partition coefficient (Wildman–Crippen LogP) is 2.92. The predicted molar refractivity (Wildman–Crippen MR) is 70.5 cm³/mol. The third-order valence-corrected chi connectivity index (χ3v) is 4.03. The summed E-state index contributed by atoms with van der Waals surface area (Å²) in [5.74, 6) is 0.645. The van der Waals surface area contributed by atoms with Crippen LogP contribution in [-0.4, -0.2) is 11.1 Å². The van der Waals surface area contributed by atoms with E-state index >= 15 is 0 Å². The Bertz CT molecular complexity index is 530. The number of nitrogens with two attached hydrogens (primary N) is 1. The molecular weight excluding hydrogens is 264 g/mol. The summed E-state index contributed by atoms with van der Waals surface area (Å²) in [6.07, 6.45) is 2.39. The highest BCUT2D eigenvalue weighted by atomic mass is 79.9. The van der Waals surface area contributed by atoms with E-state index in [0.717, 1.165) is 24.0 Å². The van der Waals surface area contributed by atoms with Gasteiger partial charge in [0, 0.05) is 27.6 Å². The van der Waals surface area contributed by atoms with E-state index < -0.39 is 0 Å². The molecule has 0 radical (unpaired) electrons. The average Bonchev–Trinajstić information content (AvgIpc) is 2.65. The second kappa shape index (κ2) is 3.90. The molecule has 2 aromatic rings. The van der Waals surface area contributed by atoms with Crippen LogP contribution in [0.1, 0.15) is 12.1 Å². The zero-order valence-corrected chi connectivity index (χ0v) is 10.7. The van der Waals surface area contributed by atoms with Crippen molar-refractivity contribution in [1.29, 1.82) is 0 Å². The Hall–Kier alpha value is -0.800. The summed E-state index contributed by atoms with van der Waals surface area (Å²) in [4.78, 5) is 0. The van der Waals surface area contributed by atoms with E-state index in [1.165, 1.54) is 23.0 Å². The van der Waals surface area contributed by atoms with Crippen LogP contribution in [0.2, 0.25) is 0 Å². The lowest BCUT2D eigenvalue weighted by molar-refractivity contribution is 0.385. The summed E-state index contributed by atoms with van der Waals surface area (Å²) in [6, 6.07) is 8.81. The summed E-state index contributed by atoms with van der Waals surface area (Å²) in [5, 5.41) is 1.34. The molecule has 3 rings (SSSR count). The van der Waals surface area contributed by atoms with E-state index in [9.17, 15) is 0 Å². The molecule has 2 heterocycles. The van der Waals surface area contributed by atoms with Crippen molar-refractivity contribution in [2.24, 2.45) is 11.7 Å². The number of hydrogen-bond acceptors (Lipinski definition) is 1. The van der Waals surface area contributed by atoms with E-state index in [-0.39, 0.29) is 0 Å².